The number of H-pyrrole nitrogens is 1. The zero-order valence-electron chi connectivity index (χ0n) is 39.1. The lowest BCUT2D eigenvalue weighted by molar-refractivity contribution is -0.384. The Labute approximate surface area is 396 Å². The van der Waals surface area contributed by atoms with E-state index in [0.717, 1.165) is 62.7 Å². The first kappa shape index (κ1) is 45.9. The summed E-state index contributed by atoms with van der Waals surface area (Å²) in [5.74, 6) is -0.257. The molecule has 1 amide bonds. The smallest absolute Gasteiger partial charge is 0.300 e. The average molecular weight is 948 g/mol. The molecule has 5 aliphatic rings. The fourth-order valence-electron chi connectivity index (χ4n) is 11.4. The minimum absolute atomic E-state index is 0.0270. The lowest BCUT2D eigenvalue weighted by atomic mass is 9.59. The number of ether oxygens (including phenoxy) is 2. The number of nitro groups is 1. The van der Waals surface area contributed by atoms with Crippen LogP contribution in [0, 0.1) is 21.4 Å². The number of benzene rings is 2. The molecule has 4 N–H and O–H groups in total. The number of hydrogen-bond donors (Lipinski definition) is 4. The number of aromatic amines is 1. The SMILES string of the molecule is CC(C)c1ccccc1[C@@H]1CN(C)CCN1C1CC2(CCN(c3ccc(C(=O)NS(=O)(=O)c4cc([N+](=O)[O-])c5c(n4)OC[C@H](C4CCC(C)(O)CC4)N5)c(Oc4cnc5[nH]ccc5c4)c3)CC2)C1. The van der Waals surface area contributed by atoms with Crippen LogP contribution in [0.4, 0.5) is 17.1 Å². The van der Waals surface area contributed by atoms with Gasteiger partial charge in [-0.2, -0.15) is 13.4 Å². The van der Waals surface area contributed by atoms with E-state index < -0.39 is 37.2 Å². The normalized spacial score (nSPS) is 24.5. The van der Waals surface area contributed by atoms with Gasteiger partial charge < -0.3 is 34.7 Å². The van der Waals surface area contributed by atoms with Crippen LogP contribution in [0.3, 0.4) is 0 Å². The minimum atomic E-state index is -4.78. The molecular formula is C50H61N9O8S. The van der Waals surface area contributed by atoms with E-state index in [-0.39, 0.29) is 46.9 Å². The van der Waals surface area contributed by atoms with Crippen LogP contribution in [-0.2, 0) is 10.0 Å². The Morgan fingerprint density at radius 1 is 1.03 bits per heavy atom. The highest BCUT2D eigenvalue weighted by Gasteiger charge is 2.50. The third kappa shape index (κ3) is 9.10. The number of anilines is 2. The summed E-state index contributed by atoms with van der Waals surface area (Å²) in [4.78, 5) is 45.0. The molecule has 3 aliphatic heterocycles. The molecule has 360 valence electrons. The van der Waals surface area contributed by atoms with E-state index in [9.17, 15) is 28.4 Å². The number of rotatable bonds is 11. The zero-order valence-corrected chi connectivity index (χ0v) is 39.9. The van der Waals surface area contributed by atoms with Crippen LogP contribution in [0.5, 0.6) is 17.4 Å². The van der Waals surface area contributed by atoms with Crippen molar-refractivity contribution in [3.05, 3.63) is 99.9 Å². The summed E-state index contributed by atoms with van der Waals surface area (Å²) < 4.78 is 42.2. The van der Waals surface area contributed by atoms with Crippen molar-refractivity contribution >= 4 is 44.0 Å². The second-order valence-corrected chi connectivity index (χ2v) is 22.1. The summed E-state index contributed by atoms with van der Waals surface area (Å²) in [5.41, 5.74) is 3.23. The molecule has 10 rings (SSSR count). The molecule has 2 saturated carbocycles. The zero-order chi connectivity index (χ0) is 47.5. The predicted octanol–water partition coefficient (Wildman–Crippen LogP) is 7.75. The van der Waals surface area contributed by atoms with E-state index in [0.29, 0.717) is 55.1 Å². The van der Waals surface area contributed by atoms with Gasteiger partial charge >= 0.3 is 5.69 Å². The van der Waals surface area contributed by atoms with E-state index in [4.69, 9.17) is 9.47 Å². The van der Waals surface area contributed by atoms with Gasteiger partial charge in [0.25, 0.3) is 15.9 Å². The van der Waals surface area contributed by atoms with E-state index in [1.165, 1.54) is 30.2 Å². The number of piperazine rings is 1. The van der Waals surface area contributed by atoms with E-state index in [1.807, 2.05) is 6.07 Å². The van der Waals surface area contributed by atoms with Gasteiger partial charge in [-0.3, -0.25) is 19.8 Å². The molecule has 6 heterocycles. The van der Waals surface area contributed by atoms with E-state index in [1.54, 1.807) is 37.4 Å². The molecule has 2 aliphatic carbocycles. The van der Waals surface area contributed by atoms with Crippen molar-refractivity contribution in [2.24, 2.45) is 11.3 Å². The van der Waals surface area contributed by atoms with Gasteiger partial charge in [-0.15, -0.1) is 0 Å². The number of hydrogen-bond acceptors (Lipinski definition) is 14. The summed E-state index contributed by atoms with van der Waals surface area (Å²) in [7, 11) is -2.55. The Morgan fingerprint density at radius 3 is 2.54 bits per heavy atom. The second kappa shape index (κ2) is 17.9. The molecule has 0 radical (unpaired) electrons. The van der Waals surface area contributed by atoms with Gasteiger partial charge in [-0.25, -0.2) is 9.71 Å². The quantitative estimate of drug-likeness (QED) is 0.0738. The van der Waals surface area contributed by atoms with Gasteiger partial charge in [0.15, 0.2) is 10.7 Å². The molecule has 1 spiro atoms. The maximum atomic E-state index is 14.1. The molecule has 68 heavy (non-hydrogen) atoms. The number of likely N-dealkylation sites (N-methyl/N-ethyl adjacent to an activating group) is 1. The number of amides is 1. The number of aliphatic hydroxyl groups is 1. The van der Waals surface area contributed by atoms with Gasteiger partial charge in [-0.05, 0) is 118 Å². The number of carbonyl (C=O) groups excluding carboxylic acids is 1. The first-order valence-electron chi connectivity index (χ1n) is 24.0. The number of fused-ring (bicyclic) bond motifs is 2. The van der Waals surface area contributed by atoms with Crippen molar-refractivity contribution in [2.75, 3.05) is 56.6 Å². The van der Waals surface area contributed by atoms with Crippen molar-refractivity contribution in [2.45, 2.75) is 107 Å². The first-order valence-corrected chi connectivity index (χ1v) is 25.4. The average Bonchev–Trinajstić information content (AvgIpc) is 3.78. The van der Waals surface area contributed by atoms with Crippen LogP contribution in [0.1, 0.15) is 106 Å². The summed E-state index contributed by atoms with van der Waals surface area (Å²) in [6, 6.07) is 19.1. The molecule has 3 aromatic heterocycles. The van der Waals surface area contributed by atoms with Gasteiger partial charge in [0.2, 0.25) is 5.88 Å². The van der Waals surface area contributed by atoms with Gasteiger partial charge in [0.05, 0.1) is 34.4 Å². The van der Waals surface area contributed by atoms with Crippen molar-refractivity contribution in [3.8, 4) is 17.4 Å². The maximum absolute atomic E-state index is 14.1. The van der Waals surface area contributed by atoms with Crippen molar-refractivity contribution in [1.82, 2.24) is 29.5 Å². The third-order valence-electron chi connectivity index (χ3n) is 15.5. The fourth-order valence-corrected chi connectivity index (χ4v) is 12.4. The molecule has 0 bridgehead atoms. The predicted molar refractivity (Wildman–Crippen MR) is 258 cm³/mol. The Morgan fingerprint density at radius 2 is 1.79 bits per heavy atom. The van der Waals surface area contributed by atoms with Crippen molar-refractivity contribution in [1.29, 1.82) is 0 Å². The van der Waals surface area contributed by atoms with Crippen LogP contribution in [0.25, 0.3) is 11.0 Å². The number of piperidine rings is 1. The van der Waals surface area contributed by atoms with Crippen LogP contribution < -0.4 is 24.4 Å². The highest BCUT2D eigenvalue weighted by atomic mass is 32.2. The fraction of sp³-hybridized carbons (Fsp3) is 0.500. The largest absolute Gasteiger partial charge is 0.474 e. The van der Waals surface area contributed by atoms with Gasteiger partial charge in [-0.1, -0.05) is 38.1 Å². The van der Waals surface area contributed by atoms with Gasteiger partial charge in [0, 0.05) is 68.1 Å². The van der Waals surface area contributed by atoms with Crippen LogP contribution in [0.15, 0.2) is 78.1 Å². The summed E-state index contributed by atoms with van der Waals surface area (Å²) in [6.07, 6.45) is 10.2. The monoisotopic (exact) mass is 947 g/mol. The van der Waals surface area contributed by atoms with Crippen LogP contribution in [-0.4, -0.2) is 113 Å². The standard InChI is InChI=1S/C50H61N9O8S/c1-31(2)37-7-5-6-8-38(37)42-29-56(4)21-22-58(42)35-26-50(27-35)16-19-57(20-17-50)34-9-10-39(43(24-34)67-36-23-33-13-18-51-46(33)52-28-36)47(60)55-68(64,65)44-25-41(59(62)63)45-48(54-44)66-30-40(53-45)32-11-14-49(3,61)15-12-32/h5-10,13,18,23-25,28,31-32,35,40,42,53,61H,11-12,14-17,19-22,26-27,29-30H2,1-4H3,(H,51,52)(H,55,60)/t32?,40-,42+,49?/m1/s1. The van der Waals surface area contributed by atoms with Crippen LogP contribution >= 0.6 is 0 Å². The highest BCUT2D eigenvalue weighted by Crippen LogP contribution is 2.53. The minimum Gasteiger partial charge on any atom is -0.474 e. The van der Waals surface area contributed by atoms with Gasteiger partial charge in [0.1, 0.15) is 23.8 Å². The van der Waals surface area contributed by atoms with E-state index in [2.05, 4.69) is 84.9 Å². The number of nitrogens with zero attached hydrogens (tertiary/aromatic N) is 6. The maximum Gasteiger partial charge on any atom is 0.300 e. The summed E-state index contributed by atoms with van der Waals surface area (Å²) >= 11 is 0. The first-order chi connectivity index (χ1) is 32.5. The Hall–Kier alpha value is -5.82. The number of pyridine rings is 2. The molecule has 5 aromatic rings. The molecule has 2 saturated heterocycles. The molecule has 17 nitrogen and oxygen atoms in total. The Kier molecular flexibility index (Phi) is 12.1. The second-order valence-electron chi connectivity index (χ2n) is 20.5. The molecule has 4 fully saturated rings. The van der Waals surface area contributed by atoms with Crippen molar-refractivity contribution in [3.63, 3.8) is 0 Å². The number of aromatic nitrogens is 3. The molecule has 0 unspecified atom stereocenters. The third-order valence-corrected chi connectivity index (χ3v) is 16.7. The van der Waals surface area contributed by atoms with Crippen molar-refractivity contribution < 1.29 is 32.7 Å². The Bertz CT molecular complexity index is 2830. The van der Waals surface area contributed by atoms with Crippen LogP contribution in [0.2, 0.25) is 0 Å². The number of nitrogens with one attached hydrogen (secondary N) is 3. The van der Waals surface area contributed by atoms with E-state index >= 15 is 0 Å². The Balaban J connectivity index is 0.857. The topological polar surface area (TPSA) is 208 Å². The number of sulfonamides is 1. The highest BCUT2D eigenvalue weighted by molar-refractivity contribution is 7.90. The summed E-state index contributed by atoms with van der Waals surface area (Å²) in [5, 5.41) is 26.0. The molecule has 2 atom stereocenters. The molecular weight excluding hydrogens is 887 g/mol. The molecule has 18 heteroatoms. The summed E-state index contributed by atoms with van der Waals surface area (Å²) in [6.45, 7) is 11.2. The number of carbonyl (C=O) groups is 1. The lowest BCUT2D eigenvalue weighted by Gasteiger charge is -2.58. The lowest BCUT2D eigenvalue weighted by Crippen LogP contribution is -2.59. The molecule has 2 aromatic carbocycles.